The molecule has 0 radical (unpaired) electrons. The molecule has 4 atom stereocenters. The molecule has 0 aromatic heterocycles. The summed E-state index contributed by atoms with van der Waals surface area (Å²) >= 11 is 0. The van der Waals surface area contributed by atoms with Crippen molar-refractivity contribution in [2.75, 3.05) is 40.0 Å². The van der Waals surface area contributed by atoms with Gasteiger partial charge in [-0.1, -0.05) is 13.8 Å². The Hall–Kier alpha value is -0.120. The smallest absolute Gasteiger partial charge is 0.193 e. The molecule has 0 bridgehead atoms. The van der Waals surface area contributed by atoms with Crippen LogP contribution in [0, 0.1) is 11.3 Å². The third-order valence-electron chi connectivity index (χ3n) is 7.13. The van der Waals surface area contributed by atoms with Gasteiger partial charge in [0.15, 0.2) is 5.96 Å². The van der Waals surface area contributed by atoms with Crippen molar-refractivity contribution in [3.8, 4) is 0 Å². The highest BCUT2D eigenvalue weighted by atomic mass is 127. The van der Waals surface area contributed by atoms with E-state index in [9.17, 15) is 0 Å². The monoisotopic (exact) mass is 507 g/mol. The van der Waals surface area contributed by atoms with Crippen LogP contribution in [0.5, 0.6) is 0 Å². The van der Waals surface area contributed by atoms with Crippen molar-refractivity contribution in [3.63, 3.8) is 0 Å². The maximum atomic E-state index is 6.16. The number of aliphatic imine (C=N–C) groups is 1. The van der Waals surface area contributed by atoms with E-state index in [0.29, 0.717) is 30.3 Å². The predicted molar refractivity (Wildman–Crippen MR) is 121 cm³/mol. The summed E-state index contributed by atoms with van der Waals surface area (Å²) < 4.78 is 17.9. The lowest BCUT2D eigenvalue weighted by Crippen LogP contribution is -2.68. The van der Waals surface area contributed by atoms with Gasteiger partial charge in [-0.05, 0) is 38.5 Å². The molecule has 3 heterocycles. The lowest BCUT2D eigenvalue weighted by molar-refractivity contribution is -0.107. The number of hydrogen-bond donors (Lipinski definition) is 1. The minimum atomic E-state index is 0. The van der Waals surface area contributed by atoms with E-state index in [-0.39, 0.29) is 29.4 Å². The minimum Gasteiger partial charge on any atom is -0.377 e. The molecule has 0 amide bonds. The zero-order valence-corrected chi connectivity index (χ0v) is 20.0. The van der Waals surface area contributed by atoms with E-state index in [0.717, 1.165) is 58.1 Å². The van der Waals surface area contributed by atoms with E-state index in [2.05, 4.69) is 29.1 Å². The highest BCUT2D eigenvalue weighted by Gasteiger charge is 2.59. The fourth-order valence-corrected chi connectivity index (χ4v) is 5.47. The number of piperidine rings is 1. The van der Waals surface area contributed by atoms with Gasteiger partial charge >= 0.3 is 0 Å². The molecule has 162 valence electrons. The van der Waals surface area contributed by atoms with Crippen molar-refractivity contribution >= 4 is 29.9 Å². The highest BCUT2D eigenvalue weighted by molar-refractivity contribution is 14.0. The molecule has 4 rings (SSSR count). The van der Waals surface area contributed by atoms with E-state index in [1.54, 1.807) is 0 Å². The van der Waals surface area contributed by atoms with Crippen LogP contribution in [0.2, 0.25) is 0 Å². The summed E-state index contributed by atoms with van der Waals surface area (Å²) in [5.41, 5.74) is 0.179. The zero-order chi connectivity index (χ0) is 18.9. The van der Waals surface area contributed by atoms with Gasteiger partial charge in [-0.15, -0.1) is 24.0 Å². The van der Waals surface area contributed by atoms with Gasteiger partial charge in [-0.25, -0.2) is 0 Å². The molecule has 6 nitrogen and oxygen atoms in total. The Morgan fingerprint density at radius 2 is 1.89 bits per heavy atom. The Labute approximate surface area is 187 Å². The summed E-state index contributed by atoms with van der Waals surface area (Å²) in [4.78, 5) is 6.99. The number of guanidine groups is 1. The van der Waals surface area contributed by atoms with Crippen LogP contribution >= 0.6 is 24.0 Å². The van der Waals surface area contributed by atoms with Crippen molar-refractivity contribution in [1.82, 2.24) is 10.2 Å². The van der Waals surface area contributed by atoms with Crippen LogP contribution in [-0.2, 0) is 14.2 Å². The average Bonchev–Trinajstić information content (AvgIpc) is 3.16. The van der Waals surface area contributed by atoms with E-state index in [4.69, 9.17) is 14.2 Å². The van der Waals surface area contributed by atoms with Crippen molar-refractivity contribution in [3.05, 3.63) is 0 Å². The molecule has 4 unspecified atom stereocenters. The zero-order valence-electron chi connectivity index (χ0n) is 17.7. The molecule has 4 aliphatic rings. The summed E-state index contributed by atoms with van der Waals surface area (Å²) in [6, 6.07) is 0.459. The molecular formula is C21H38IN3O3. The van der Waals surface area contributed by atoms with E-state index >= 15 is 0 Å². The fourth-order valence-electron chi connectivity index (χ4n) is 5.47. The Morgan fingerprint density at radius 3 is 2.57 bits per heavy atom. The standard InChI is InChI=1S/C21H37N3O3.HI/c1-21(2)18(17-9-13-26-19(17)21)23-20(22-3)24-10-7-15(8-11-24)27-14-16-6-4-5-12-25-16;/h15-19H,4-14H2,1-3H3,(H,22,23);1H. The van der Waals surface area contributed by atoms with Gasteiger partial charge in [0.1, 0.15) is 0 Å². The van der Waals surface area contributed by atoms with E-state index in [1.807, 2.05) is 7.05 Å². The molecule has 0 aromatic rings. The third-order valence-corrected chi connectivity index (χ3v) is 7.13. The van der Waals surface area contributed by atoms with Gasteiger partial charge in [-0.3, -0.25) is 4.99 Å². The maximum absolute atomic E-state index is 6.16. The number of nitrogens with one attached hydrogen (secondary N) is 1. The number of ether oxygens (including phenoxy) is 3. The van der Waals surface area contributed by atoms with Crippen LogP contribution < -0.4 is 5.32 Å². The van der Waals surface area contributed by atoms with Gasteiger partial charge in [-0.2, -0.15) is 0 Å². The average molecular weight is 507 g/mol. The van der Waals surface area contributed by atoms with Crippen LogP contribution in [0.15, 0.2) is 4.99 Å². The largest absolute Gasteiger partial charge is 0.377 e. The van der Waals surface area contributed by atoms with E-state index in [1.165, 1.54) is 19.3 Å². The topological polar surface area (TPSA) is 55.3 Å². The van der Waals surface area contributed by atoms with Crippen LogP contribution in [0.3, 0.4) is 0 Å². The quantitative estimate of drug-likeness (QED) is 0.360. The molecule has 3 saturated heterocycles. The first-order chi connectivity index (χ1) is 13.1. The van der Waals surface area contributed by atoms with Crippen LogP contribution in [0.1, 0.15) is 52.4 Å². The second-order valence-corrected chi connectivity index (χ2v) is 9.24. The molecule has 1 aliphatic carbocycles. The highest BCUT2D eigenvalue weighted by Crippen LogP contribution is 2.52. The summed E-state index contributed by atoms with van der Waals surface area (Å²) in [5, 5.41) is 3.77. The Balaban J connectivity index is 0.00000225. The number of likely N-dealkylation sites (tertiary alicyclic amines) is 1. The van der Waals surface area contributed by atoms with Crippen LogP contribution in [0.4, 0.5) is 0 Å². The number of rotatable bonds is 4. The Morgan fingerprint density at radius 1 is 1.11 bits per heavy atom. The Bertz CT molecular complexity index is 531. The lowest BCUT2D eigenvalue weighted by atomic mass is 9.57. The molecule has 28 heavy (non-hydrogen) atoms. The second-order valence-electron chi connectivity index (χ2n) is 9.24. The molecule has 3 aliphatic heterocycles. The molecule has 1 N–H and O–H groups in total. The first-order valence-corrected chi connectivity index (χ1v) is 10.9. The minimum absolute atomic E-state index is 0. The number of halogens is 1. The number of nitrogens with zero attached hydrogens (tertiary/aromatic N) is 2. The van der Waals surface area contributed by atoms with Crippen molar-refractivity contribution in [1.29, 1.82) is 0 Å². The van der Waals surface area contributed by atoms with Gasteiger partial charge in [0.05, 0.1) is 24.9 Å². The summed E-state index contributed by atoms with van der Waals surface area (Å²) in [7, 11) is 1.90. The van der Waals surface area contributed by atoms with Crippen LogP contribution in [-0.4, -0.2) is 75.2 Å². The molecule has 1 saturated carbocycles. The molecule has 0 aromatic carbocycles. The number of fused-ring (bicyclic) bond motifs is 1. The van der Waals surface area contributed by atoms with E-state index < -0.39 is 0 Å². The fraction of sp³-hybridized carbons (Fsp3) is 0.952. The second kappa shape index (κ2) is 9.79. The maximum Gasteiger partial charge on any atom is 0.193 e. The Kier molecular flexibility index (Phi) is 7.89. The third kappa shape index (κ3) is 4.62. The van der Waals surface area contributed by atoms with Gasteiger partial charge < -0.3 is 24.4 Å². The molecule has 4 fully saturated rings. The van der Waals surface area contributed by atoms with Crippen LogP contribution in [0.25, 0.3) is 0 Å². The summed E-state index contributed by atoms with van der Waals surface area (Å²) in [5.74, 6) is 1.68. The van der Waals surface area contributed by atoms with Gasteiger partial charge in [0.2, 0.25) is 0 Å². The predicted octanol–water partition coefficient (Wildman–Crippen LogP) is 3.04. The SMILES string of the molecule is CN=C(NC1C2CCOC2C1(C)C)N1CCC(OCC2CCCCO2)CC1.I. The van der Waals surface area contributed by atoms with Crippen molar-refractivity contribution in [2.45, 2.75) is 76.7 Å². The van der Waals surface area contributed by atoms with Gasteiger partial charge in [0.25, 0.3) is 0 Å². The van der Waals surface area contributed by atoms with Crippen molar-refractivity contribution < 1.29 is 14.2 Å². The molecule has 0 spiro atoms. The summed E-state index contributed by atoms with van der Waals surface area (Å²) in [6.45, 7) is 9.22. The first-order valence-electron chi connectivity index (χ1n) is 10.9. The number of hydrogen-bond acceptors (Lipinski definition) is 4. The lowest BCUT2D eigenvalue weighted by Gasteiger charge is -2.55. The first kappa shape index (κ1) is 22.6. The summed E-state index contributed by atoms with van der Waals surface area (Å²) in [6.07, 6.45) is 8.01. The van der Waals surface area contributed by atoms with Gasteiger partial charge in [0, 0.05) is 50.7 Å². The molecular weight excluding hydrogens is 469 g/mol. The molecule has 7 heteroatoms. The normalized spacial score (nSPS) is 35.7. The van der Waals surface area contributed by atoms with Crippen molar-refractivity contribution in [2.24, 2.45) is 16.3 Å².